The van der Waals surface area contributed by atoms with Crippen molar-refractivity contribution in [2.75, 3.05) is 18.6 Å². The molecule has 0 saturated carbocycles. The first-order chi connectivity index (χ1) is 6.02. The summed E-state index contributed by atoms with van der Waals surface area (Å²) >= 11 is 0. The minimum atomic E-state index is -0.783. The maximum Gasteiger partial charge on any atom is 0.407 e. The number of amides is 1. The molecular formula is C8H17NO3S. The van der Waals surface area contributed by atoms with Crippen molar-refractivity contribution >= 4 is 16.9 Å². The van der Waals surface area contributed by atoms with E-state index in [1.807, 2.05) is 0 Å². The van der Waals surface area contributed by atoms with Gasteiger partial charge in [-0.25, -0.2) is 4.79 Å². The van der Waals surface area contributed by atoms with Crippen LogP contribution in [0.2, 0.25) is 0 Å². The molecule has 4 nitrogen and oxygen atoms in total. The van der Waals surface area contributed by atoms with Gasteiger partial charge in [-0.1, -0.05) is 0 Å². The highest BCUT2D eigenvalue weighted by molar-refractivity contribution is 7.84. The first kappa shape index (κ1) is 12.4. The summed E-state index contributed by atoms with van der Waals surface area (Å²) in [4.78, 5) is 10.9. The Kier molecular flexibility index (Phi) is 6.58. The lowest BCUT2D eigenvalue weighted by Crippen LogP contribution is -2.28. The van der Waals surface area contributed by atoms with E-state index in [1.54, 1.807) is 20.1 Å². The van der Waals surface area contributed by atoms with Gasteiger partial charge < -0.3 is 10.1 Å². The number of ether oxygens (including phenoxy) is 1. The van der Waals surface area contributed by atoms with E-state index in [0.717, 1.165) is 6.42 Å². The Bertz CT molecular complexity index is 182. The van der Waals surface area contributed by atoms with Gasteiger partial charge in [-0.05, 0) is 20.3 Å². The molecular weight excluding hydrogens is 190 g/mol. The van der Waals surface area contributed by atoms with Crippen LogP contribution in [0.25, 0.3) is 0 Å². The van der Waals surface area contributed by atoms with Crippen LogP contribution >= 0.6 is 0 Å². The Morgan fingerprint density at radius 3 is 2.62 bits per heavy atom. The van der Waals surface area contributed by atoms with E-state index in [1.165, 1.54) is 0 Å². The van der Waals surface area contributed by atoms with Gasteiger partial charge in [-0.3, -0.25) is 4.21 Å². The molecule has 1 atom stereocenters. The molecule has 0 spiro atoms. The van der Waals surface area contributed by atoms with Crippen LogP contribution in [0.3, 0.4) is 0 Å². The third kappa shape index (κ3) is 9.33. The Morgan fingerprint density at radius 2 is 2.15 bits per heavy atom. The van der Waals surface area contributed by atoms with Gasteiger partial charge in [0.25, 0.3) is 0 Å². The number of alkyl carbamates (subject to hydrolysis) is 1. The van der Waals surface area contributed by atoms with Crippen LogP contribution in [0.4, 0.5) is 4.79 Å². The summed E-state index contributed by atoms with van der Waals surface area (Å²) in [5.41, 5.74) is 0. The second-order valence-electron chi connectivity index (χ2n) is 3.01. The zero-order chi connectivity index (χ0) is 10.3. The predicted octanol–water partition coefficient (Wildman–Crippen LogP) is 0.890. The summed E-state index contributed by atoms with van der Waals surface area (Å²) in [6.45, 7) is 4.10. The molecule has 0 aromatic heterocycles. The van der Waals surface area contributed by atoms with E-state index in [2.05, 4.69) is 5.32 Å². The number of carbonyl (C=O) groups excluding carboxylic acids is 1. The van der Waals surface area contributed by atoms with Gasteiger partial charge >= 0.3 is 6.09 Å². The molecule has 0 fully saturated rings. The van der Waals surface area contributed by atoms with Gasteiger partial charge in [0.2, 0.25) is 0 Å². The van der Waals surface area contributed by atoms with Crippen LogP contribution in [0.15, 0.2) is 0 Å². The second kappa shape index (κ2) is 6.88. The standard InChI is InChI=1S/C8H17NO3S/c1-7(2)12-8(10)9-5-4-6-13(3)11/h7H,4-6H2,1-3H3,(H,9,10). The molecule has 0 radical (unpaired) electrons. The summed E-state index contributed by atoms with van der Waals surface area (Å²) in [6, 6.07) is 0. The van der Waals surface area contributed by atoms with E-state index in [9.17, 15) is 9.00 Å². The predicted molar refractivity (Wildman–Crippen MR) is 53.2 cm³/mol. The summed E-state index contributed by atoms with van der Waals surface area (Å²) in [6.07, 6.45) is 1.86. The highest BCUT2D eigenvalue weighted by Gasteiger charge is 2.02. The topological polar surface area (TPSA) is 55.4 Å². The highest BCUT2D eigenvalue weighted by atomic mass is 32.2. The molecule has 0 aromatic rings. The highest BCUT2D eigenvalue weighted by Crippen LogP contribution is 1.88. The van der Waals surface area contributed by atoms with E-state index in [4.69, 9.17) is 4.74 Å². The Balaban J connectivity index is 3.32. The smallest absolute Gasteiger partial charge is 0.407 e. The number of hydrogen-bond acceptors (Lipinski definition) is 3. The molecule has 0 heterocycles. The van der Waals surface area contributed by atoms with Gasteiger partial charge in [0, 0.05) is 29.4 Å². The minimum absolute atomic E-state index is 0.0969. The van der Waals surface area contributed by atoms with Crippen LogP contribution < -0.4 is 5.32 Å². The minimum Gasteiger partial charge on any atom is -0.447 e. The van der Waals surface area contributed by atoms with Crippen LogP contribution in [-0.2, 0) is 15.5 Å². The quantitative estimate of drug-likeness (QED) is 0.681. The summed E-state index contributed by atoms with van der Waals surface area (Å²) < 4.78 is 15.5. The first-order valence-electron chi connectivity index (χ1n) is 4.27. The van der Waals surface area contributed by atoms with Crippen molar-refractivity contribution in [1.82, 2.24) is 5.32 Å². The molecule has 1 amide bonds. The fourth-order valence-electron chi connectivity index (χ4n) is 0.722. The van der Waals surface area contributed by atoms with Crippen LogP contribution in [-0.4, -0.2) is 35.0 Å². The number of hydrogen-bond donors (Lipinski definition) is 1. The first-order valence-corrected chi connectivity index (χ1v) is 5.99. The monoisotopic (exact) mass is 207 g/mol. The molecule has 5 heteroatoms. The molecule has 0 aliphatic carbocycles. The Morgan fingerprint density at radius 1 is 1.54 bits per heavy atom. The lowest BCUT2D eigenvalue weighted by Gasteiger charge is -2.08. The van der Waals surface area contributed by atoms with Gasteiger partial charge in [0.15, 0.2) is 0 Å². The number of nitrogens with one attached hydrogen (secondary N) is 1. The molecule has 13 heavy (non-hydrogen) atoms. The van der Waals surface area contributed by atoms with Crippen molar-refractivity contribution in [2.45, 2.75) is 26.4 Å². The molecule has 1 unspecified atom stereocenters. The van der Waals surface area contributed by atoms with Crippen molar-refractivity contribution in [3.05, 3.63) is 0 Å². The molecule has 78 valence electrons. The normalized spacial score (nSPS) is 12.6. The molecule has 0 aliphatic rings. The zero-order valence-electron chi connectivity index (χ0n) is 8.33. The maximum atomic E-state index is 10.9. The zero-order valence-corrected chi connectivity index (χ0v) is 9.15. The lowest BCUT2D eigenvalue weighted by atomic mass is 10.5. The Labute approximate surface area is 81.5 Å². The van der Waals surface area contributed by atoms with Crippen LogP contribution in [0.1, 0.15) is 20.3 Å². The van der Waals surface area contributed by atoms with E-state index in [-0.39, 0.29) is 6.10 Å². The molecule has 0 aromatic carbocycles. The molecule has 0 saturated heterocycles. The second-order valence-corrected chi connectivity index (χ2v) is 4.57. The van der Waals surface area contributed by atoms with Crippen molar-refractivity contribution in [3.8, 4) is 0 Å². The molecule has 0 aliphatic heterocycles. The largest absolute Gasteiger partial charge is 0.447 e. The van der Waals surface area contributed by atoms with E-state index >= 15 is 0 Å². The van der Waals surface area contributed by atoms with Crippen LogP contribution in [0, 0.1) is 0 Å². The van der Waals surface area contributed by atoms with E-state index in [0.29, 0.717) is 12.3 Å². The van der Waals surface area contributed by atoms with Crippen LogP contribution in [0.5, 0.6) is 0 Å². The van der Waals surface area contributed by atoms with Gasteiger partial charge in [-0.15, -0.1) is 0 Å². The number of rotatable bonds is 5. The van der Waals surface area contributed by atoms with Crippen molar-refractivity contribution < 1.29 is 13.7 Å². The Hall–Kier alpha value is -0.580. The van der Waals surface area contributed by atoms with Crippen molar-refractivity contribution in [1.29, 1.82) is 0 Å². The summed E-state index contributed by atoms with van der Waals surface area (Å²) in [5.74, 6) is 0.613. The average Bonchev–Trinajstić information content (AvgIpc) is 1.96. The fourth-order valence-corrected chi connectivity index (χ4v) is 1.27. The summed E-state index contributed by atoms with van der Waals surface area (Å²) in [5, 5.41) is 2.57. The number of carbonyl (C=O) groups is 1. The maximum absolute atomic E-state index is 10.9. The molecule has 1 N–H and O–H groups in total. The van der Waals surface area contributed by atoms with Crippen molar-refractivity contribution in [2.24, 2.45) is 0 Å². The molecule has 0 rings (SSSR count). The fraction of sp³-hybridized carbons (Fsp3) is 0.875. The third-order valence-electron chi connectivity index (χ3n) is 1.22. The van der Waals surface area contributed by atoms with Gasteiger partial charge in [0.05, 0.1) is 6.10 Å². The van der Waals surface area contributed by atoms with Gasteiger partial charge in [-0.2, -0.15) is 0 Å². The summed E-state index contributed by atoms with van der Waals surface area (Å²) in [7, 11) is -0.783. The lowest BCUT2D eigenvalue weighted by molar-refractivity contribution is 0.115. The third-order valence-corrected chi connectivity index (χ3v) is 2.08. The SMILES string of the molecule is CC(C)OC(=O)NCCCS(C)=O. The van der Waals surface area contributed by atoms with Crippen molar-refractivity contribution in [3.63, 3.8) is 0 Å². The van der Waals surface area contributed by atoms with Gasteiger partial charge in [0.1, 0.15) is 0 Å². The van der Waals surface area contributed by atoms with E-state index < -0.39 is 16.9 Å². The molecule has 0 bridgehead atoms. The average molecular weight is 207 g/mol.